The number of phenols is 1. The molecule has 2 N–H and O–H groups in total. The Labute approximate surface area is 147 Å². The van der Waals surface area contributed by atoms with Crippen LogP contribution in [0.4, 0.5) is 5.13 Å². The third-order valence-electron chi connectivity index (χ3n) is 3.37. The molecule has 0 aliphatic heterocycles. The number of phenolic OH excluding ortho intramolecular Hbond substituents is 1. The van der Waals surface area contributed by atoms with Gasteiger partial charge in [-0.15, -0.1) is 11.3 Å². The lowest BCUT2D eigenvalue weighted by Crippen LogP contribution is -2.07. The standard InChI is InChI=1S/C16H16N4O4S/c1-3-23-14(22)6-10-8-25-16(18-10)19-17-7-12-13(21)5-4-11-9(2)20-24-15(11)12/h4-5,7-8,21H,3,6H2,1-2H3,(H,18,19). The number of aryl methyl sites for hydroxylation is 1. The third-order valence-corrected chi connectivity index (χ3v) is 4.17. The molecule has 0 amide bonds. The predicted molar refractivity (Wildman–Crippen MR) is 94.1 cm³/mol. The van der Waals surface area contributed by atoms with Crippen LogP contribution in [0.3, 0.4) is 0 Å². The molecular formula is C16H16N4O4S. The number of nitrogens with zero attached hydrogens (tertiary/aromatic N) is 3. The predicted octanol–water partition coefficient (Wildman–Crippen LogP) is 2.85. The highest BCUT2D eigenvalue weighted by Gasteiger charge is 2.12. The lowest BCUT2D eigenvalue weighted by molar-refractivity contribution is -0.142. The maximum absolute atomic E-state index is 11.4. The van der Waals surface area contributed by atoms with Crippen LogP contribution >= 0.6 is 11.3 Å². The van der Waals surface area contributed by atoms with E-state index in [9.17, 15) is 9.90 Å². The van der Waals surface area contributed by atoms with Gasteiger partial charge in [-0.1, -0.05) is 5.16 Å². The van der Waals surface area contributed by atoms with Gasteiger partial charge in [0.25, 0.3) is 0 Å². The average molecular weight is 360 g/mol. The summed E-state index contributed by atoms with van der Waals surface area (Å²) in [6, 6.07) is 3.30. The lowest BCUT2D eigenvalue weighted by atomic mass is 10.1. The number of nitrogens with one attached hydrogen (secondary N) is 1. The summed E-state index contributed by atoms with van der Waals surface area (Å²) in [7, 11) is 0. The minimum absolute atomic E-state index is 0.0383. The van der Waals surface area contributed by atoms with Crippen LogP contribution in [0.25, 0.3) is 11.0 Å². The second-order valence-corrected chi connectivity index (χ2v) is 6.00. The summed E-state index contributed by atoms with van der Waals surface area (Å²) in [5.41, 5.74) is 5.00. The Kier molecular flexibility index (Phi) is 4.94. The molecule has 0 unspecified atom stereocenters. The van der Waals surface area contributed by atoms with Crippen molar-refractivity contribution in [1.82, 2.24) is 10.1 Å². The van der Waals surface area contributed by atoms with Crippen LogP contribution in [-0.2, 0) is 16.0 Å². The van der Waals surface area contributed by atoms with E-state index < -0.39 is 0 Å². The Morgan fingerprint density at radius 2 is 2.36 bits per heavy atom. The quantitative estimate of drug-likeness (QED) is 0.395. The molecule has 0 spiro atoms. The second kappa shape index (κ2) is 7.31. The van der Waals surface area contributed by atoms with Gasteiger partial charge in [-0.2, -0.15) is 5.10 Å². The Morgan fingerprint density at radius 3 is 3.16 bits per heavy atom. The van der Waals surface area contributed by atoms with Crippen LogP contribution in [0.1, 0.15) is 23.9 Å². The maximum atomic E-state index is 11.4. The number of carbonyl (C=O) groups is 1. The summed E-state index contributed by atoms with van der Waals surface area (Å²) in [5.74, 6) is -0.281. The molecule has 9 heteroatoms. The molecule has 3 aromatic rings. The van der Waals surface area contributed by atoms with Crippen LogP contribution in [0, 0.1) is 6.92 Å². The molecule has 0 saturated carbocycles. The molecular weight excluding hydrogens is 344 g/mol. The number of rotatable bonds is 6. The highest BCUT2D eigenvalue weighted by molar-refractivity contribution is 7.13. The Balaban J connectivity index is 1.71. The zero-order chi connectivity index (χ0) is 17.8. The van der Waals surface area contributed by atoms with E-state index in [1.54, 1.807) is 24.4 Å². The van der Waals surface area contributed by atoms with E-state index in [4.69, 9.17) is 9.26 Å². The number of thiazole rings is 1. The molecule has 0 fully saturated rings. The highest BCUT2D eigenvalue weighted by Crippen LogP contribution is 2.27. The minimum Gasteiger partial charge on any atom is -0.507 e. The molecule has 1 aromatic carbocycles. The van der Waals surface area contributed by atoms with Crippen molar-refractivity contribution in [2.24, 2.45) is 5.10 Å². The number of aromatic hydroxyl groups is 1. The van der Waals surface area contributed by atoms with Gasteiger partial charge in [-0.3, -0.25) is 10.2 Å². The fraction of sp³-hybridized carbons (Fsp3) is 0.250. The second-order valence-electron chi connectivity index (χ2n) is 5.14. The van der Waals surface area contributed by atoms with Crippen molar-refractivity contribution in [3.05, 3.63) is 34.5 Å². The number of hydrazone groups is 1. The van der Waals surface area contributed by atoms with Crippen molar-refractivity contribution < 1.29 is 19.2 Å². The normalized spacial score (nSPS) is 11.3. The monoisotopic (exact) mass is 360 g/mol. The molecule has 2 heterocycles. The lowest BCUT2D eigenvalue weighted by Gasteiger charge is -1.99. The van der Waals surface area contributed by atoms with Crippen molar-refractivity contribution >= 4 is 39.6 Å². The van der Waals surface area contributed by atoms with E-state index in [1.165, 1.54) is 17.6 Å². The smallest absolute Gasteiger partial charge is 0.311 e. The molecule has 0 aliphatic carbocycles. The van der Waals surface area contributed by atoms with E-state index in [-0.39, 0.29) is 18.1 Å². The largest absolute Gasteiger partial charge is 0.507 e. The van der Waals surface area contributed by atoms with Gasteiger partial charge in [0.2, 0.25) is 5.13 Å². The summed E-state index contributed by atoms with van der Waals surface area (Å²) >= 11 is 1.31. The number of benzene rings is 1. The van der Waals surface area contributed by atoms with Gasteiger partial charge in [-0.05, 0) is 26.0 Å². The fourth-order valence-corrected chi connectivity index (χ4v) is 2.87. The van der Waals surface area contributed by atoms with Gasteiger partial charge in [0.05, 0.1) is 36.2 Å². The van der Waals surface area contributed by atoms with Crippen LogP contribution < -0.4 is 5.43 Å². The van der Waals surface area contributed by atoms with Gasteiger partial charge in [0, 0.05) is 10.8 Å². The molecule has 0 radical (unpaired) electrons. The number of aromatic nitrogens is 2. The van der Waals surface area contributed by atoms with Crippen molar-refractivity contribution in [3.63, 3.8) is 0 Å². The molecule has 0 aliphatic rings. The van der Waals surface area contributed by atoms with Crippen molar-refractivity contribution in [1.29, 1.82) is 0 Å². The first-order chi connectivity index (χ1) is 12.1. The highest BCUT2D eigenvalue weighted by atomic mass is 32.1. The summed E-state index contributed by atoms with van der Waals surface area (Å²) in [6.45, 7) is 3.92. The van der Waals surface area contributed by atoms with Gasteiger partial charge in [0.15, 0.2) is 5.58 Å². The van der Waals surface area contributed by atoms with Gasteiger partial charge in [0.1, 0.15) is 5.75 Å². The number of carbonyl (C=O) groups excluding carboxylic acids is 1. The van der Waals surface area contributed by atoms with Gasteiger partial charge < -0.3 is 14.4 Å². The molecule has 25 heavy (non-hydrogen) atoms. The van der Waals surface area contributed by atoms with E-state index in [0.29, 0.717) is 28.6 Å². The Hall–Kier alpha value is -2.94. The van der Waals surface area contributed by atoms with E-state index in [0.717, 1.165) is 11.1 Å². The van der Waals surface area contributed by atoms with Crippen molar-refractivity contribution in [2.45, 2.75) is 20.3 Å². The maximum Gasteiger partial charge on any atom is 0.311 e. The van der Waals surface area contributed by atoms with Crippen LogP contribution in [0.15, 0.2) is 27.1 Å². The molecule has 3 rings (SSSR count). The molecule has 0 bridgehead atoms. The summed E-state index contributed by atoms with van der Waals surface area (Å²) in [4.78, 5) is 15.7. The number of anilines is 1. The zero-order valence-electron chi connectivity index (χ0n) is 13.6. The summed E-state index contributed by atoms with van der Waals surface area (Å²) < 4.78 is 10.1. The topological polar surface area (TPSA) is 110 Å². The molecule has 2 aromatic heterocycles. The van der Waals surface area contributed by atoms with Crippen molar-refractivity contribution in [3.8, 4) is 5.75 Å². The zero-order valence-corrected chi connectivity index (χ0v) is 14.5. The summed E-state index contributed by atoms with van der Waals surface area (Å²) in [5, 5.41) is 21.0. The molecule has 0 atom stereocenters. The number of fused-ring (bicyclic) bond motifs is 1. The first-order valence-electron chi connectivity index (χ1n) is 7.55. The van der Waals surface area contributed by atoms with E-state index in [1.807, 2.05) is 6.92 Å². The Morgan fingerprint density at radius 1 is 1.52 bits per heavy atom. The Bertz CT molecular complexity index is 932. The number of hydrogen-bond donors (Lipinski definition) is 2. The molecule has 130 valence electrons. The fourth-order valence-electron chi connectivity index (χ4n) is 2.21. The number of esters is 1. The van der Waals surface area contributed by atoms with E-state index >= 15 is 0 Å². The SMILES string of the molecule is CCOC(=O)Cc1csc(NN=Cc2c(O)ccc3c(C)noc23)n1. The number of hydrogen-bond acceptors (Lipinski definition) is 9. The van der Waals surface area contributed by atoms with Crippen LogP contribution in [-0.4, -0.2) is 34.0 Å². The van der Waals surface area contributed by atoms with Crippen LogP contribution in [0.2, 0.25) is 0 Å². The van der Waals surface area contributed by atoms with Crippen molar-refractivity contribution in [2.75, 3.05) is 12.0 Å². The first-order valence-corrected chi connectivity index (χ1v) is 8.43. The summed E-state index contributed by atoms with van der Waals surface area (Å²) in [6.07, 6.45) is 1.56. The minimum atomic E-state index is -0.319. The molecule has 8 nitrogen and oxygen atoms in total. The third kappa shape index (κ3) is 3.77. The molecule has 0 saturated heterocycles. The van der Waals surface area contributed by atoms with Crippen LogP contribution in [0.5, 0.6) is 5.75 Å². The number of ether oxygens (including phenoxy) is 1. The van der Waals surface area contributed by atoms with Gasteiger partial charge >= 0.3 is 5.97 Å². The van der Waals surface area contributed by atoms with E-state index in [2.05, 4.69) is 20.7 Å². The average Bonchev–Trinajstić information content (AvgIpc) is 3.17. The first kappa shape index (κ1) is 16.9. The van der Waals surface area contributed by atoms with Gasteiger partial charge in [-0.25, -0.2) is 4.98 Å².